The van der Waals surface area contributed by atoms with Crippen LogP contribution in [0.4, 0.5) is 0 Å². The van der Waals surface area contributed by atoms with Crippen molar-refractivity contribution in [1.82, 2.24) is 14.7 Å². The predicted molar refractivity (Wildman–Crippen MR) is 131 cm³/mol. The summed E-state index contributed by atoms with van der Waals surface area (Å²) < 4.78 is 5.43. The molecule has 0 aliphatic carbocycles. The molecule has 0 bridgehead atoms. The van der Waals surface area contributed by atoms with Gasteiger partial charge in [0.15, 0.2) is 0 Å². The number of nitrogens with zero attached hydrogens (tertiary/aromatic N) is 3. The lowest BCUT2D eigenvalue weighted by Crippen LogP contribution is -2.51. The van der Waals surface area contributed by atoms with Crippen LogP contribution in [-0.2, 0) is 30.4 Å². The Hall–Kier alpha value is -3.55. The number of aliphatic carboxylic acids is 4. The van der Waals surface area contributed by atoms with Gasteiger partial charge in [-0.3, -0.25) is 38.7 Å². The van der Waals surface area contributed by atoms with Crippen molar-refractivity contribution in [3.05, 3.63) is 29.8 Å². The molecule has 1 rings (SSSR count). The Kier molecular flexibility index (Phi) is 13.8. The first-order valence-electron chi connectivity index (χ1n) is 11.7. The Morgan fingerprint density at radius 1 is 0.757 bits per heavy atom. The Bertz CT molecular complexity index is 890. The number of carbonyl (C=O) groups is 5. The molecule has 0 unspecified atom stereocenters. The molecule has 0 aromatic heterocycles. The molecule has 0 amide bonds. The summed E-state index contributed by atoms with van der Waals surface area (Å²) in [5.41, 5.74) is 0.758. The van der Waals surface area contributed by atoms with Gasteiger partial charge in [0.2, 0.25) is 0 Å². The summed E-state index contributed by atoms with van der Waals surface area (Å²) >= 11 is 0. The van der Waals surface area contributed by atoms with Gasteiger partial charge in [0, 0.05) is 25.7 Å². The van der Waals surface area contributed by atoms with Crippen molar-refractivity contribution in [2.75, 3.05) is 59.0 Å². The van der Waals surface area contributed by atoms with E-state index in [0.717, 1.165) is 5.56 Å². The molecule has 13 heteroatoms. The van der Waals surface area contributed by atoms with Crippen LogP contribution in [0.15, 0.2) is 24.3 Å². The van der Waals surface area contributed by atoms with Gasteiger partial charge in [0.25, 0.3) is 0 Å². The second-order valence-corrected chi connectivity index (χ2v) is 8.56. The van der Waals surface area contributed by atoms with Crippen molar-refractivity contribution in [2.45, 2.75) is 26.3 Å². The van der Waals surface area contributed by atoms with Crippen LogP contribution >= 0.6 is 0 Å². The number of rotatable bonds is 20. The van der Waals surface area contributed by atoms with Crippen LogP contribution in [0, 0.1) is 0 Å². The monoisotopic (exact) mass is 525 g/mol. The lowest BCUT2D eigenvalue weighted by atomic mass is 10.0. The molecule has 4 N–H and O–H groups in total. The van der Waals surface area contributed by atoms with Gasteiger partial charge in [0.1, 0.15) is 11.5 Å². The standard InChI is InChI=1S/C24H35N3O10/c1-3-37-20-6-4-18(5-7-20)10-19(27(15-23(33)34)16-24(35)36)12-26(14-22(31)32)9-8-25(11-17(2)28)13-21(29)30/h4-7,19H,3,8-16H2,1-2H3,(H,29,30)(H,31,32)(H,33,34)(H,35,36)/t19-/m0/s1. The minimum atomic E-state index is -1.24. The number of ketones is 1. The maximum Gasteiger partial charge on any atom is 0.317 e. The summed E-state index contributed by atoms with van der Waals surface area (Å²) in [6.07, 6.45) is 0.218. The highest BCUT2D eigenvalue weighted by molar-refractivity contribution is 5.78. The maximum atomic E-state index is 11.6. The molecule has 0 heterocycles. The zero-order valence-corrected chi connectivity index (χ0v) is 21.0. The molecular weight excluding hydrogens is 490 g/mol. The Balaban J connectivity index is 3.21. The lowest BCUT2D eigenvalue weighted by molar-refractivity contribution is -0.144. The smallest absolute Gasteiger partial charge is 0.317 e. The number of ether oxygens (including phenoxy) is 1. The lowest BCUT2D eigenvalue weighted by Gasteiger charge is -2.34. The first-order valence-corrected chi connectivity index (χ1v) is 11.7. The molecule has 0 saturated carbocycles. The SMILES string of the molecule is CCOc1ccc(C[C@@H](CN(CCN(CC(C)=O)CC(=O)O)CC(=O)O)N(CC(=O)O)CC(=O)O)cc1. The van der Waals surface area contributed by atoms with Crippen LogP contribution in [0.2, 0.25) is 0 Å². The van der Waals surface area contributed by atoms with Crippen LogP contribution in [0.3, 0.4) is 0 Å². The third kappa shape index (κ3) is 13.9. The van der Waals surface area contributed by atoms with Crippen molar-refractivity contribution < 1.29 is 49.1 Å². The fraction of sp³-hybridized carbons (Fsp3) is 0.542. The van der Waals surface area contributed by atoms with Crippen molar-refractivity contribution in [3.63, 3.8) is 0 Å². The highest BCUT2D eigenvalue weighted by Crippen LogP contribution is 2.16. The van der Waals surface area contributed by atoms with E-state index in [4.69, 9.17) is 9.84 Å². The fourth-order valence-electron chi connectivity index (χ4n) is 3.86. The molecule has 0 radical (unpaired) electrons. The molecule has 37 heavy (non-hydrogen) atoms. The summed E-state index contributed by atoms with van der Waals surface area (Å²) in [7, 11) is 0. The summed E-state index contributed by atoms with van der Waals surface area (Å²) in [5, 5.41) is 37.3. The number of carboxylic acids is 4. The maximum absolute atomic E-state index is 11.6. The highest BCUT2D eigenvalue weighted by Gasteiger charge is 2.27. The third-order valence-corrected chi connectivity index (χ3v) is 5.26. The van der Waals surface area contributed by atoms with E-state index in [-0.39, 0.29) is 38.4 Å². The Morgan fingerprint density at radius 3 is 1.70 bits per heavy atom. The minimum Gasteiger partial charge on any atom is -0.494 e. The van der Waals surface area contributed by atoms with E-state index >= 15 is 0 Å². The minimum absolute atomic E-state index is 0.0128. The van der Waals surface area contributed by atoms with Gasteiger partial charge in [0.05, 0.1) is 39.3 Å². The van der Waals surface area contributed by atoms with Crippen molar-refractivity contribution in [3.8, 4) is 5.75 Å². The van der Waals surface area contributed by atoms with Gasteiger partial charge >= 0.3 is 23.9 Å². The number of hydrogen-bond acceptors (Lipinski definition) is 9. The van der Waals surface area contributed by atoms with Crippen LogP contribution in [0.5, 0.6) is 5.75 Å². The van der Waals surface area contributed by atoms with Crippen molar-refractivity contribution >= 4 is 29.7 Å². The Labute approximate surface area is 214 Å². The number of hydrogen-bond donors (Lipinski definition) is 4. The van der Waals surface area contributed by atoms with Crippen LogP contribution in [0.25, 0.3) is 0 Å². The molecule has 1 aromatic rings. The van der Waals surface area contributed by atoms with E-state index in [0.29, 0.717) is 12.4 Å². The van der Waals surface area contributed by atoms with E-state index < -0.39 is 56.1 Å². The third-order valence-electron chi connectivity index (χ3n) is 5.26. The second kappa shape index (κ2) is 16.2. The average molecular weight is 526 g/mol. The number of Topliss-reactive ketones (excluding diaryl/α,β-unsaturated/α-hetero) is 1. The summed E-state index contributed by atoms with van der Waals surface area (Å²) in [6.45, 7) is 1.57. The van der Waals surface area contributed by atoms with Crippen LogP contribution < -0.4 is 4.74 Å². The zero-order valence-electron chi connectivity index (χ0n) is 21.0. The fourth-order valence-corrected chi connectivity index (χ4v) is 3.86. The van der Waals surface area contributed by atoms with Gasteiger partial charge in [-0.25, -0.2) is 0 Å². The molecule has 206 valence electrons. The molecule has 0 fully saturated rings. The van der Waals surface area contributed by atoms with Crippen LogP contribution in [-0.4, -0.2) is 130 Å². The van der Waals surface area contributed by atoms with E-state index in [1.807, 2.05) is 6.92 Å². The van der Waals surface area contributed by atoms with E-state index in [1.54, 1.807) is 24.3 Å². The first-order chi connectivity index (χ1) is 17.4. The molecule has 0 saturated heterocycles. The van der Waals surface area contributed by atoms with Gasteiger partial charge < -0.3 is 25.2 Å². The van der Waals surface area contributed by atoms with E-state index in [9.17, 15) is 39.3 Å². The molecule has 0 aliphatic rings. The highest BCUT2D eigenvalue weighted by atomic mass is 16.5. The van der Waals surface area contributed by atoms with Crippen LogP contribution in [0.1, 0.15) is 19.4 Å². The molecule has 1 atom stereocenters. The zero-order chi connectivity index (χ0) is 28.0. The predicted octanol–water partition coefficient (Wildman–Crippen LogP) is -0.170. The summed E-state index contributed by atoms with van der Waals surface area (Å²) in [5.74, 6) is -4.41. The molecule has 0 aliphatic heterocycles. The van der Waals surface area contributed by atoms with Crippen molar-refractivity contribution in [2.24, 2.45) is 0 Å². The van der Waals surface area contributed by atoms with E-state index in [2.05, 4.69) is 0 Å². The number of carbonyl (C=O) groups excluding carboxylic acids is 1. The average Bonchev–Trinajstić information content (AvgIpc) is 2.76. The number of carboxylic acid groups (broad SMARTS) is 4. The van der Waals surface area contributed by atoms with Gasteiger partial charge in [-0.15, -0.1) is 0 Å². The normalized spacial score (nSPS) is 12.0. The quantitative estimate of drug-likeness (QED) is 0.176. The van der Waals surface area contributed by atoms with E-state index in [1.165, 1.54) is 21.6 Å². The molecule has 0 spiro atoms. The number of benzene rings is 1. The molecule has 13 nitrogen and oxygen atoms in total. The van der Waals surface area contributed by atoms with Gasteiger partial charge in [-0.05, 0) is 38.0 Å². The second-order valence-electron chi connectivity index (χ2n) is 8.56. The van der Waals surface area contributed by atoms with Gasteiger partial charge in [-0.1, -0.05) is 12.1 Å². The topological polar surface area (TPSA) is 185 Å². The molecule has 1 aromatic carbocycles. The van der Waals surface area contributed by atoms with Crippen molar-refractivity contribution in [1.29, 1.82) is 0 Å². The van der Waals surface area contributed by atoms with Gasteiger partial charge in [-0.2, -0.15) is 0 Å². The largest absolute Gasteiger partial charge is 0.494 e. The Morgan fingerprint density at radius 2 is 1.24 bits per heavy atom. The summed E-state index contributed by atoms with van der Waals surface area (Å²) in [4.78, 5) is 61.3. The summed E-state index contributed by atoms with van der Waals surface area (Å²) in [6, 6.07) is 6.29. The molecular formula is C24H35N3O10. The first kappa shape index (κ1) is 31.5.